The normalized spacial score (nSPS) is 9.90. The Morgan fingerprint density at radius 2 is 2.10 bits per heavy atom. The highest BCUT2D eigenvalue weighted by atomic mass is 32.1. The van der Waals surface area contributed by atoms with Gasteiger partial charge in [-0.25, -0.2) is 4.79 Å². The van der Waals surface area contributed by atoms with Gasteiger partial charge < -0.3 is 14.8 Å². The molecule has 0 saturated heterocycles. The third-order valence-corrected chi connectivity index (χ3v) is 3.13. The van der Waals surface area contributed by atoms with E-state index in [1.807, 2.05) is 0 Å². The number of hydrogen-bond acceptors (Lipinski definition) is 7. The minimum Gasteiger partial charge on any atom is -0.497 e. The average Bonchev–Trinajstić information content (AvgIpc) is 3.01. The van der Waals surface area contributed by atoms with Crippen molar-refractivity contribution in [3.63, 3.8) is 0 Å². The number of nitrogens with one attached hydrogen (secondary N) is 1. The molecule has 7 nitrogen and oxygen atoms in total. The van der Waals surface area contributed by atoms with E-state index in [1.165, 1.54) is 26.5 Å². The van der Waals surface area contributed by atoms with Crippen molar-refractivity contribution < 1.29 is 19.1 Å². The van der Waals surface area contributed by atoms with E-state index in [-0.39, 0.29) is 5.56 Å². The van der Waals surface area contributed by atoms with Crippen molar-refractivity contribution in [2.45, 2.75) is 0 Å². The number of nitrogens with zero attached hydrogens (tertiary/aromatic N) is 2. The topological polar surface area (TPSA) is 90.4 Å². The number of carbonyl (C=O) groups excluding carboxylic acids is 2. The van der Waals surface area contributed by atoms with Crippen LogP contribution in [0, 0.1) is 0 Å². The fourth-order valence-electron chi connectivity index (χ4n) is 1.49. The SMILES string of the molecule is COC(=O)c1cc(OC)ccc1NC(=O)c1cnns1. The maximum Gasteiger partial charge on any atom is 0.340 e. The fraction of sp³-hybridized carbons (Fsp3) is 0.167. The van der Waals surface area contributed by atoms with Crippen molar-refractivity contribution >= 4 is 29.1 Å². The molecule has 0 radical (unpaired) electrons. The van der Waals surface area contributed by atoms with Crippen LogP contribution in [-0.4, -0.2) is 35.7 Å². The molecule has 1 amide bonds. The van der Waals surface area contributed by atoms with Gasteiger partial charge in [-0.3, -0.25) is 4.79 Å². The molecule has 2 rings (SSSR count). The van der Waals surface area contributed by atoms with E-state index in [4.69, 9.17) is 4.74 Å². The largest absolute Gasteiger partial charge is 0.497 e. The summed E-state index contributed by atoms with van der Waals surface area (Å²) in [6.45, 7) is 0. The summed E-state index contributed by atoms with van der Waals surface area (Å²) in [7, 11) is 2.75. The Labute approximate surface area is 118 Å². The van der Waals surface area contributed by atoms with Crippen LogP contribution in [-0.2, 0) is 4.74 Å². The number of benzene rings is 1. The minimum absolute atomic E-state index is 0.206. The predicted molar refractivity (Wildman–Crippen MR) is 72.2 cm³/mol. The number of aromatic nitrogens is 2. The molecule has 0 spiro atoms. The van der Waals surface area contributed by atoms with Crippen LogP contribution in [0.1, 0.15) is 20.0 Å². The first-order chi connectivity index (χ1) is 9.65. The van der Waals surface area contributed by atoms with Crippen molar-refractivity contribution in [2.24, 2.45) is 0 Å². The van der Waals surface area contributed by atoms with Gasteiger partial charge in [-0.2, -0.15) is 0 Å². The summed E-state index contributed by atoms with van der Waals surface area (Å²) in [4.78, 5) is 24.0. The lowest BCUT2D eigenvalue weighted by atomic mass is 10.1. The van der Waals surface area contributed by atoms with E-state index in [9.17, 15) is 9.59 Å². The number of hydrogen-bond donors (Lipinski definition) is 1. The summed E-state index contributed by atoms with van der Waals surface area (Å²) in [5, 5.41) is 6.20. The van der Waals surface area contributed by atoms with Crippen LogP contribution < -0.4 is 10.1 Å². The zero-order valence-corrected chi connectivity index (χ0v) is 11.6. The molecule has 8 heteroatoms. The molecule has 0 atom stereocenters. The summed E-state index contributed by atoms with van der Waals surface area (Å²) in [5.41, 5.74) is 0.536. The molecule has 1 N–H and O–H groups in total. The van der Waals surface area contributed by atoms with Crippen molar-refractivity contribution in [1.82, 2.24) is 9.59 Å². The van der Waals surface area contributed by atoms with Gasteiger partial charge in [-0.1, -0.05) is 4.49 Å². The first-order valence-corrected chi connectivity index (χ1v) is 6.28. The fourth-order valence-corrected chi connectivity index (χ4v) is 1.90. The number of carbonyl (C=O) groups is 2. The molecule has 0 aliphatic rings. The smallest absolute Gasteiger partial charge is 0.340 e. The Morgan fingerprint density at radius 3 is 2.70 bits per heavy atom. The van der Waals surface area contributed by atoms with E-state index in [0.29, 0.717) is 16.3 Å². The van der Waals surface area contributed by atoms with Gasteiger partial charge in [0.2, 0.25) is 0 Å². The van der Waals surface area contributed by atoms with E-state index in [2.05, 4.69) is 19.6 Å². The lowest BCUT2D eigenvalue weighted by molar-refractivity contribution is 0.0601. The lowest BCUT2D eigenvalue weighted by Gasteiger charge is -2.10. The van der Waals surface area contributed by atoms with Crippen molar-refractivity contribution in [2.75, 3.05) is 19.5 Å². The maximum atomic E-state index is 11.9. The Kier molecular flexibility index (Phi) is 4.26. The van der Waals surface area contributed by atoms with Crippen LogP contribution in [0.4, 0.5) is 5.69 Å². The van der Waals surface area contributed by atoms with Gasteiger partial charge in [0.15, 0.2) is 0 Å². The molecule has 1 heterocycles. The third kappa shape index (κ3) is 2.91. The molecule has 0 bridgehead atoms. The van der Waals surface area contributed by atoms with Crippen molar-refractivity contribution in [3.05, 3.63) is 34.8 Å². The summed E-state index contributed by atoms with van der Waals surface area (Å²) in [5.74, 6) is -0.472. The molecule has 104 valence electrons. The number of ether oxygens (including phenoxy) is 2. The summed E-state index contributed by atoms with van der Waals surface area (Å²) in [6.07, 6.45) is 1.35. The molecule has 1 aromatic heterocycles. The molecular weight excluding hydrogens is 282 g/mol. The Balaban J connectivity index is 2.31. The van der Waals surface area contributed by atoms with Gasteiger partial charge in [0.25, 0.3) is 5.91 Å². The van der Waals surface area contributed by atoms with Crippen LogP contribution in [0.5, 0.6) is 5.75 Å². The van der Waals surface area contributed by atoms with Gasteiger partial charge in [0.1, 0.15) is 10.6 Å². The van der Waals surface area contributed by atoms with Crippen molar-refractivity contribution in [3.8, 4) is 5.75 Å². The zero-order chi connectivity index (χ0) is 14.5. The molecule has 1 aromatic carbocycles. The minimum atomic E-state index is -0.568. The first kappa shape index (κ1) is 13.9. The van der Waals surface area contributed by atoms with E-state index >= 15 is 0 Å². The highest BCUT2D eigenvalue weighted by Gasteiger charge is 2.17. The van der Waals surface area contributed by atoms with Gasteiger partial charge >= 0.3 is 5.97 Å². The average molecular weight is 293 g/mol. The first-order valence-electron chi connectivity index (χ1n) is 5.50. The molecule has 2 aromatic rings. The Bertz CT molecular complexity index is 628. The van der Waals surface area contributed by atoms with Gasteiger partial charge in [-0.15, -0.1) is 5.10 Å². The third-order valence-electron chi connectivity index (χ3n) is 2.47. The Morgan fingerprint density at radius 1 is 1.30 bits per heavy atom. The second-order valence-electron chi connectivity index (χ2n) is 3.64. The second kappa shape index (κ2) is 6.11. The van der Waals surface area contributed by atoms with Crippen LogP contribution in [0.2, 0.25) is 0 Å². The highest BCUT2D eigenvalue weighted by Crippen LogP contribution is 2.23. The number of amides is 1. The number of methoxy groups -OCH3 is 2. The van der Waals surface area contributed by atoms with Gasteiger partial charge in [-0.05, 0) is 29.7 Å². The quantitative estimate of drug-likeness (QED) is 0.861. The summed E-state index contributed by atoms with van der Waals surface area (Å²) >= 11 is 0.964. The molecule has 0 fully saturated rings. The van der Waals surface area contributed by atoms with E-state index < -0.39 is 11.9 Å². The van der Waals surface area contributed by atoms with Gasteiger partial charge in [0.05, 0.1) is 31.7 Å². The van der Waals surface area contributed by atoms with E-state index in [1.54, 1.807) is 12.1 Å². The molecule has 0 aliphatic heterocycles. The standard InChI is InChI=1S/C12H11N3O4S/c1-18-7-3-4-9(8(5-7)12(17)19-2)14-11(16)10-6-13-15-20-10/h3-6H,1-2H3,(H,14,16). The van der Waals surface area contributed by atoms with Crippen LogP contribution in [0.15, 0.2) is 24.4 Å². The summed E-state index contributed by atoms with van der Waals surface area (Å²) in [6, 6.07) is 4.69. The zero-order valence-electron chi connectivity index (χ0n) is 10.7. The molecule has 0 saturated carbocycles. The molecular formula is C12H11N3O4S. The highest BCUT2D eigenvalue weighted by molar-refractivity contribution is 7.07. The second-order valence-corrected chi connectivity index (χ2v) is 4.42. The van der Waals surface area contributed by atoms with Crippen LogP contribution in [0.25, 0.3) is 0 Å². The number of anilines is 1. The lowest BCUT2D eigenvalue weighted by Crippen LogP contribution is -2.14. The molecule has 0 unspecified atom stereocenters. The number of esters is 1. The number of rotatable bonds is 4. The summed E-state index contributed by atoms with van der Waals surface area (Å²) < 4.78 is 13.3. The van der Waals surface area contributed by atoms with Crippen molar-refractivity contribution in [1.29, 1.82) is 0 Å². The molecule has 20 heavy (non-hydrogen) atoms. The Hall–Kier alpha value is -2.48. The maximum absolute atomic E-state index is 11.9. The molecule has 0 aliphatic carbocycles. The van der Waals surface area contributed by atoms with E-state index in [0.717, 1.165) is 11.5 Å². The predicted octanol–water partition coefficient (Wildman–Crippen LogP) is 1.59. The monoisotopic (exact) mass is 293 g/mol. The van der Waals surface area contributed by atoms with Crippen LogP contribution in [0.3, 0.4) is 0 Å². The van der Waals surface area contributed by atoms with Crippen LogP contribution >= 0.6 is 11.5 Å². The van der Waals surface area contributed by atoms with Gasteiger partial charge in [0, 0.05) is 0 Å².